The summed E-state index contributed by atoms with van der Waals surface area (Å²) < 4.78 is 47.9. The Balaban J connectivity index is 2.91. The number of alkyl halides is 3. The maximum Gasteiger partial charge on any atom is 0.401 e. The number of carbonyl (C=O) groups excluding carboxylic acids is 3. The molecule has 0 bridgehead atoms. The molecule has 0 radical (unpaired) electrons. The Kier molecular flexibility index (Phi) is 11.8. The normalized spacial score (nSPS) is 12.8. The maximum atomic E-state index is 12.8. The van der Waals surface area contributed by atoms with Gasteiger partial charge in [0.25, 0.3) is 0 Å². The molecule has 176 valence electrons. The summed E-state index contributed by atoms with van der Waals surface area (Å²) in [6.07, 6.45) is -2.27. The predicted octanol–water partition coefficient (Wildman–Crippen LogP) is 2.47. The lowest BCUT2D eigenvalue weighted by Crippen LogP contribution is -2.53. The van der Waals surface area contributed by atoms with Gasteiger partial charge in [-0.3, -0.25) is 14.9 Å². The molecule has 7 nitrogen and oxygen atoms in total. The fourth-order valence-electron chi connectivity index (χ4n) is 2.60. The van der Waals surface area contributed by atoms with Gasteiger partial charge in [-0.2, -0.15) is 13.2 Å². The van der Waals surface area contributed by atoms with Gasteiger partial charge in [-0.1, -0.05) is 55.6 Å². The van der Waals surface area contributed by atoms with Crippen molar-refractivity contribution in [1.82, 2.24) is 10.6 Å². The number of nitrogens with one attached hydrogen (secondary N) is 2. The third-order valence-electron chi connectivity index (χ3n) is 4.09. The van der Waals surface area contributed by atoms with Crippen LogP contribution in [0.4, 0.5) is 13.2 Å². The number of rotatable bonds is 14. The molecule has 0 saturated heterocycles. The molecular weight excluding hydrogens is 429 g/mol. The molecular formula is C22H27F3N2O5. The van der Waals surface area contributed by atoms with Gasteiger partial charge >= 0.3 is 18.1 Å². The quantitative estimate of drug-likeness (QED) is 0.330. The van der Waals surface area contributed by atoms with Crippen molar-refractivity contribution < 1.29 is 37.0 Å². The highest BCUT2D eigenvalue weighted by Crippen LogP contribution is 2.14. The first kappa shape index (κ1) is 26.9. The average Bonchev–Trinajstić information content (AvgIpc) is 2.76. The van der Waals surface area contributed by atoms with Crippen molar-refractivity contribution in [1.29, 1.82) is 0 Å². The van der Waals surface area contributed by atoms with E-state index in [-0.39, 0.29) is 32.5 Å². The third-order valence-corrected chi connectivity index (χ3v) is 4.09. The van der Waals surface area contributed by atoms with E-state index in [0.717, 1.165) is 0 Å². The van der Waals surface area contributed by atoms with Gasteiger partial charge < -0.3 is 14.8 Å². The molecule has 32 heavy (non-hydrogen) atoms. The molecule has 2 atom stereocenters. The molecule has 0 aromatic heterocycles. The Hall–Kier alpha value is -3.14. The smallest absolute Gasteiger partial charge is 0.401 e. The van der Waals surface area contributed by atoms with E-state index < -0.39 is 42.7 Å². The molecule has 0 spiro atoms. The first-order valence-corrected chi connectivity index (χ1v) is 9.84. The molecule has 1 aromatic rings. The van der Waals surface area contributed by atoms with Gasteiger partial charge in [-0.15, -0.1) is 0 Å². The lowest BCUT2D eigenvalue weighted by Gasteiger charge is -2.23. The molecule has 0 heterocycles. The van der Waals surface area contributed by atoms with Crippen LogP contribution in [-0.2, 0) is 30.3 Å². The van der Waals surface area contributed by atoms with Gasteiger partial charge in [0.15, 0.2) is 0 Å². The summed E-state index contributed by atoms with van der Waals surface area (Å²) in [7, 11) is 0. The lowest BCUT2D eigenvalue weighted by molar-refractivity contribution is -0.149. The largest absolute Gasteiger partial charge is 0.461 e. The van der Waals surface area contributed by atoms with Crippen LogP contribution in [0.1, 0.15) is 18.4 Å². The fourth-order valence-corrected chi connectivity index (χ4v) is 2.60. The lowest BCUT2D eigenvalue weighted by atomic mass is 10.0. The summed E-state index contributed by atoms with van der Waals surface area (Å²) in [5, 5.41) is 4.57. The van der Waals surface area contributed by atoms with Crippen molar-refractivity contribution in [2.24, 2.45) is 0 Å². The molecule has 0 aliphatic carbocycles. The van der Waals surface area contributed by atoms with Gasteiger partial charge in [0.2, 0.25) is 5.91 Å². The number of amides is 1. The van der Waals surface area contributed by atoms with E-state index >= 15 is 0 Å². The third kappa shape index (κ3) is 11.3. The summed E-state index contributed by atoms with van der Waals surface area (Å²) >= 11 is 0. The van der Waals surface area contributed by atoms with Crippen LogP contribution in [0.5, 0.6) is 0 Å². The van der Waals surface area contributed by atoms with E-state index in [4.69, 9.17) is 9.47 Å². The van der Waals surface area contributed by atoms with E-state index in [1.54, 1.807) is 30.3 Å². The van der Waals surface area contributed by atoms with Crippen LogP contribution < -0.4 is 10.6 Å². The van der Waals surface area contributed by atoms with Crippen LogP contribution in [0.2, 0.25) is 0 Å². The Morgan fingerprint density at radius 1 is 1.00 bits per heavy atom. The summed E-state index contributed by atoms with van der Waals surface area (Å²) in [5.74, 6) is -2.31. The molecule has 0 aliphatic rings. The maximum absolute atomic E-state index is 12.8. The number of esters is 2. The number of hydrogen-bond acceptors (Lipinski definition) is 6. The average molecular weight is 456 g/mol. The zero-order valence-electron chi connectivity index (χ0n) is 17.5. The number of halogens is 3. The second-order valence-electron chi connectivity index (χ2n) is 6.73. The Morgan fingerprint density at radius 2 is 1.62 bits per heavy atom. The van der Waals surface area contributed by atoms with E-state index in [1.165, 1.54) is 12.2 Å². The Labute approximate surface area is 184 Å². The minimum atomic E-state index is -4.54. The van der Waals surface area contributed by atoms with E-state index in [1.807, 2.05) is 0 Å². The first-order chi connectivity index (χ1) is 15.2. The minimum Gasteiger partial charge on any atom is -0.461 e. The van der Waals surface area contributed by atoms with E-state index in [9.17, 15) is 27.6 Å². The first-order valence-electron chi connectivity index (χ1n) is 9.84. The second-order valence-corrected chi connectivity index (χ2v) is 6.73. The van der Waals surface area contributed by atoms with Crippen LogP contribution in [0.25, 0.3) is 0 Å². The summed E-state index contributed by atoms with van der Waals surface area (Å²) in [5.41, 5.74) is 0.626. The number of hydrogen-bond donors (Lipinski definition) is 2. The number of ether oxygens (including phenoxy) is 2. The van der Waals surface area contributed by atoms with Crippen molar-refractivity contribution in [3.8, 4) is 0 Å². The van der Waals surface area contributed by atoms with Gasteiger partial charge in [-0.05, 0) is 18.4 Å². The monoisotopic (exact) mass is 456 g/mol. The molecule has 0 saturated carbocycles. The minimum absolute atomic E-state index is 0.0166. The van der Waals surface area contributed by atoms with Gasteiger partial charge in [-0.25, -0.2) is 4.79 Å². The van der Waals surface area contributed by atoms with Crippen LogP contribution >= 0.6 is 0 Å². The topological polar surface area (TPSA) is 93.7 Å². The van der Waals surface area contributed by atoms with Crippen molar-refractivity contribution in [3.05, 3.63) is 61.2 Å². The summed E-state index contributed by atoms with van der Waals surface area (Å²) in [6, 6.07) is 5.92. The van der Waals surface area contributed by atoms with Gasteiger partial charge in [0.1, 0.15) is 19.3 Å². The molecule has 10 heteroatoms. The zero-order chi connectivity index (χ0) is 24.0. The molecule has 0 fully saturated rings. The standard InChI is InChI=1S/C22H27F3N2O5/c1-3-12-31-19(28)11-10-17(21(30)32-13-4-2)27-20(29)18(26-15-22(23,24)25)14-16-8-6-5-7-9-16/h3-9,17-18,26H,1-2,10-15H2,(H,27,29)/t17-,18-/m0/s1. The Bertz CT molecular complexity index is 769. The predicted molar refractivity (Wildman–Crippen MR) is 111 cm³/mol. The van der Waals surface area contributed by atoms with Gasteiger partial charge in [0, 0.05) is 6.42 Å². The highest BCUT2D eigenvalue weighted by molar-refractivity contribution is 5.88. The number of benzene rings is 1. The second kappa shape index (κ2) is 14.0. The molecule has 1 rings (SSSR count). The highest BCUT2D eigenvalue weighted by atomic mass is 19.4. The molecule has 2 N–H and O–H groups in total. The molecule has 1 aromatic carbocycles. The van der Waals surface area contributed by atoms with Crippen LogP contribution in [0.15, 0.2) is 55.6 Å². The highest BCUT2D eigenvalue weighted by Gasteiger charge is 2.32. The van der Waals surface area contributed by atoms with Crippen LogP contribution in [0.3, 0.4) is 0 Å². The van der Waals surface area contributed by atoms with Crippen LogP contribution in [-0.4, -0.2) is 55.9 Å². The fraction of sp³-hybridized carbons (Fsp3) is 0.409. The summed E-state index contributed by atoms with van der Waals surface area (Å²) in [6.45, 7) is 5.29. The zero-order valence-corrected chi connectivity index (χ0v) is 17.5. The molecule has 0 aliphatic heterocycles. The number of carbonyl (C=O) groups is 3. The van der Waals surface area contributed by atoms with E-state index in [2.05, 4.69) is 23.8 Å². The van der Waals surface area contributed by atoms with E-state index in [0.29, 0.717) is 5.56 Å². The SMILES string of the molecule is C=CCOC(=O)CC[C@H](NC(=O)[C@H](Cc1ccccc1)NCC(F)(F)F)C(=O)OCC=C. The van der Waals surface area contributed by atoms with Crippen molar-refractivity contribution in [3.63, 3.8) is 0 Å². The van der Waals surface area contributed by atoms with Crippen LogP contribution in [0, 0.1) is 0 Å². The van der Waals surface area contributed by atoms with Crippen molar-refractivity contribution >= 4 is 17.8 Å². The Morgan fingerprint density at radius 3 is 2.22 bits per heavy atom. The molecule has 0 unspecified atom stereocenters. The van der Waals surface area contributed by atoms with Crippen molar-refractivity contribution in [2.75, 3.05) is 19.8 Å². The summed E-state index contributed by atoms with van der Waals surface area (Å²) in [4.78, 5) is 36.8. The molecule has 1 amide bonds. The van der Waals surface area contributed by atoms with Gasteiger partial charge in [0.05, 0.1) is 12.6 Å². The van der Waals surface area contributed by atoms with Crippen molar-refractivity contribution in [2.45, 2.75) is 37.5 Å².